The molecule has 2 atom stereocenters. The molecule has 0 aliphatic carbocycles. The van der Waals surface area contributed by atoms with E-state index < -0.39 is 0 Å². The first-order valence-corrected chi connectivity index (χ1v) is 7.45. The molecule has 2 unspecified atom stereocenters. The van der Waals surface area contributed by atoms with Crippen LogP contribution >= 0.6 is 11.8 Å². The molecule has 0 bridgehead atoms. The minimum atomic E-state index is 0.482. The van der Waals surface area contributed by atoms with E-state index in [0.717, 1.165) is 37.8 Å². The highest BCUT2D eigenvalue weighted by Crippen LogP contribution is 2.24. The highest BCUT2D eigenvalue weighted by Gasteiger charge is 2.15. The first-order chi connectivity index (χ1) is 7.86. The third kappa shape index (κ3) is 6.09. The quantitative estimate of drug-likeness (QED) is 0.683. The number of hydrogen-bond donors (Lipinski definition) is 2. The van der Waals surface area contributed by atoms with Gasteiger partial charge in [-0.25, -0.2) is 0 Å². The highest BCUT2D eigenvalue weighted by atomic mass is 32.2. The topological polar surface area (TPSA) is 47.3 Å². The van der Waals surface area contributed by atoms with Crippen LogP contribution in [0, 0.1) is 0 Å². The van der Waals surface area contributed by atoms with Gasteiger partial charge in [-0.1, -0.05) is 6.42 Å². The molecule has 1 aliphatic heterocycles. The summed E-state index contributed by atoms with van der Waals surface area (Å²) in [5, 5.41) is 4.43. The van der Waals surface area contributed by atoms with Gasteiger partial charge in [0.25, 0.3) is 0 Å². The van der Waals surface area contributed by atoms with Crippen molar-refractivity contribution in [1.29, 1.82) is 0 Å². The van der Waals surface area contributed by atoms with Crippen LogP contribution < -0.4 is 11.1 Å². The van der Waals surface area contributed by atoms with Crippen molar-refractivity contribution in [2.75, 3.05) is 32.6 Å². The second-order valence-electron chi connectivity index (χ2n) is 4.48. The van der Waals surface area contributed by atoms with E-state index in [0.29, 0.717) is 6.04 Å². The maximum atomic E-state index is 5.54. The van der Waals surface area contributed by atoms with Crippen LogP contribution in [0.25, 0.3) is 0 Å². The van der Waals surface area contributed by atoms with Crippen LogP contribution in [0.4, 0.5) is 0 Å². The number of ether oxygens (including phenoxy) is 1. The number of nitrogens with two attached hydrogens (primary N) is 1. The Kier molecular flexibility index (Phi) is 8.29. The first kappa shape index (κ1) is 14.3. The Morgan fingerprint density at radius 1 is 1.50 bits per heavy atom. The fourth-order valence-electron chi connectivity index (χ4n) is 2.08. The van der Waals surface area contributed by atoms with Crippen LogP contribution in [-0.2, 0) is 4.74 Å². The van der Waals surface area contributed by atoms with Gasteiger partial charge in [-0.05, 0) is 38.0 Å². The van der Waals surface area contributed by atoms with Crippen molar-refractivity contribution in [3.8, 4) is 0 Å². The molecule has 0 aromatic carbocycles. The Balaban J connectivity index is 2.14. The minimum Gasteiger partial charge on any atom is -0.383 e. The van der Waals surface area contributed by atoms with Gasteiger partial charge < -0.3 is 15.8 Å². The van der Waals surface area contributed by atoms with E-state index in [9.17, 15) is 0 Å². The van der Waals surface area contributed by atoms with E-state index in [2.05, 4.69) is 17.1 Å². The zero-order chi connectivity index (χ0) is 11.6. The predicted octanol–water partition coefficient (Wildman–Crippen LogP) is 1.62. The maximum Gasteiger partial charge on any atom is 0.0615 e. The second kappa shape index (κ2) is 9.28. The highest BCUT2D eigenvalue weighted by molar-refractivity contribution is 7.99. The van der Waals surface area contributed by atoms with Crippen LogP contribution in [0.3, 0.4) is 0 Å². The van der Waals surface area contributed by atoms with E-state index in [1.165, 1.54) is 25.0 Å². The molecule has 1 saturated heterocycles. The Morgan fingerprint density at radius 3 is 3.00 bits per heavy atom. The molecule has 0 amide bonds. The summed E-state index contributed by atoms with van der Waals surface area (Å²) in [7, 11) is 1.77. The molecule has 0 saturated carbocycles. The van der Waals surface area contributed by atoms with Crippen molar-refractivity contribution in [3.05, 3.63) is 0 Å². The average molecular weight is 246 g/mol. The van der Waals surface area contributed by atoms with Crippen molar-refractivity contribution in [2.24, 2.45) is 5.73 Å². The lowest BCUT2D eigenvalue weighted by atomic mass is 10.1. The Labute approximate surface area is 104 Å². The molecule has 96 valence electrons. The van der Waals surface area contributed by atoms with Crippen LogP contribution in [0.15, 0.2) is 0 Å². The number of thioether (sulfide) groups is 1. The fourth-order valence-corrected chi connectivity index (χ4v) is 3.33. The van der Waals surface area contributed by atoms with Gasteiger partial charge in [-0.2, -0.15) is 11.8 Å². The number of nitrogens with one attached hydrogen (secondary N) is 1. The number of rotatable bonds is 8. The second-order valence-corrected chi connectivity index (χ2v) is 5.89. The maximum absolute atomic E-state index is 5.54. The third-order valence-corrected chi connectivity index (χ3v) is 4.43. The van der Waals surface area contributed by atoms with Gasteiger partial charge in [-0.3, -0.25) is 0 Å². The summed E-state index contributed by atoms with van der Waals surface area (Å²) in [6, 6.07) is 0.482. The third-order valence-electron chi connectivity index (χ3n) is 3.03. The van der Waals surface area contributed by atoms with Crippen LogP contribution in [-0.4, -0.2) is 43.9 Å². The standard InChI is InChI=1S/C12H26N2OS/c1-15-10-11(5-4-7-13)14-9-12-6-2-3-8-16-12/h11-12,14H,2-10,13H2,1H3. The zero-order valence-electron chi connectivity index (χ0n) is 10.4. The monoisotopic (exact) mass is 246 g/mol. The van der Waals surface area contributed by atoms with Crippen molar-refractivity contribution in [1.82, 2.24) is 5.32 Å². The summed E-state index contributed by atoms with van der Waals surface area (Å²) in [6.07, 6.45) is 6.38. The van der Waals surface area contributed by atoms with E-state index in [4.69, 9.17) is 10.5 Å². The van der Waals surface area contributed by atoms with Gasteiger partial charge in [0.1, 0.15) is 0 Å². The summed E-state index contributed by atoms with van der Waals surface area (Å²) in [5.74, 6) is 1.34. The van der Waals surface area contributed by atoms with Crippen molar-refractivity contribution in [3.63, 3.8) is 0 Å². The molecule has 16 heavy (non-hydrogen) atoms. The lowest BCUT2D eigenvalue weighted by molar-refractivity contribution is 0.161. The summed E-state index contributed by atoms with van der Waals surface area (Å²) in [5.41, 5.74) is 5.54. The van der Waals surface area contributed by atoms with E-state index in [1.54, 1.807) is 7.11 Å². The van der Waals surface area contributed by atoms with Gasteiger partial charge in [0.15, 0.2) is 0 Å². The van der Waals surface area contributed by atoms with Gasteiger partial charge in [0.2, 0.25) is 0 Å². The van der Waals surface area contributed by atoms with E-state index in [1.807, 2.05) is 0 Å². The Hall–Kier alpha value is 0.230. The molecule has 1 heterocycles. The minimum absolute atomic E-state index is 0.482. The fraction of sp³-hybridized carbons (Fsp3) is 1.00. The lowest BCUT2D eigenvalue weighted by Gasteiger charge is -2.25. The summed E-state index contributed by atoms with van der Waals surface area (Å²) in [4.78, 5) is 0. The average Bonchev–Trinajstić information content (AvgIpc) is 2.34. The SMILES string of the molecule is COCC(CCCN)NCC1CCCCS1. The number of hydrogen-bond acceptors (Lipinski definition) is 4. The number of methoxy groups -OCH3 is 1. The molecule has 4 heteroatoms. The van der Waals surface area contributed by atoms with Crippen LogP contribution in [0.5, 0.6) is 0 Å². The van der Waals surface area contributed by atoms with E-state index in [-0.39, 0.29) is 0 Å². The molecule has 0 aromatic heterocycles. The van der Waals surface area contributed by atoms with E-state index >= 15 is 0 Å². The Morgan fingerprint density at radius 2 is 2.38 bits per heavy atom. The largest absolute Gasteiger partial charge is 0.383 e. The Bertz CT molecular complexity index is 163. The van der Waals surface area contributed by atoms with Crippen molar-refractivity contribution in [2.45, 2.75) is 43.4 Å². The zero-order valence-corrected chi connectivity index (χ0v) is 11.2. The van der Waals surface area contributed by atoms with Gasteiger partial charge >= 0.3 is 0 Å². The normalized spacial score (nSPS) is 23.2. The molecule has 1 aliphatic rings. The predicted molar refractivity (Wildman–Crippen MR) is 72.1 cm³/mol. The van der Waals surface area contributed by atoms with Crippen LogP contribution in [0.2, 0.25) is 0 Å². The van der Waals surface area contributed by atoms with Crippen molar-refractivity contribution < 1.29 is 4.74 Å². The molecule has 3 N–H and O–H groups in total. The summed E-state index contributed by atoms with van der Waals surface area (Å²) < 4.78 is 5.23. The van der Waals surface area contributed by atoms with Gasteiger partial charge in [-0.15, -0.1) is 0 Å². The molecule has 0 spiro atoms. The first-order valence-electron chi connectivity index (χ1n) is 6.40. The molecule has 3 nitrogen and oxygen atoms in total. The summed E-state index contributed by atoms with van der Waals surface area (Å²) in [6.45, 7) is 2.71. The van der Waals surface area contributed by atoms with Gasteiger partial charge in [0, 0.05) is 24.9 Å². The molecule has 0 radical (unpaired) electrons. The molecular weight excluding hydrogens is 220 g/mol. The van der Waals surface area contributed by atoms with Gasteiger partial charge in [0.05, 0.1) is 6.61 Å². The molecule has 0 aromatic rings. The van der Waals surface area contributed by atoms with Crippen molar-refractivity contribution >= 4 is 11.8 Å². The van der Waals surface area contributed by atoms with Crippen LogP contribution in [0.1, 0.15) is 32.1 Å². The molecule has 1 fully saturated rings. The summed E-state index contributed by atoms with van der Waals surface area (Å²) >= 11 is 2.12. The molecular formula is C12H26N2OS. The molecule has 1 rings (SSSR count). The smallest absolute Gasteiger partial charge is 0.0615 e. The lowest BCUT2D eigenvalue weighted by Crippen LogP contribution is -2.38.